The minimum Gasteiger partial charge on any atom is -0.311 e. The molecule has 3 nitrogen and oxygen atoms in total. The predicted octanol–water partition coefficient (Wildman–Crippen LogP) is 19.2. The highest BCUT2D eigenvalue weighted by atomic mass is 32.1. The van der Waals surface area contributed by atoms with Crippen molar-refractivity contribution in [3.8, 4) is 48.8 Å². The van der Waals surface area contributed by atoms with Crippen LogP contribution >= 0.6 is 34.0 Å². The minimum atomic E-state index is -0.0576. The SMILES string of the molecule is c1ccc(-c2cc3c(-c4ccccc4)c(N4c5cc(-n6c7ccccc7c7ccccc76)ccc5B5c6sc7ccccc7c6N(c6ccc7sc(-c8ccccc8)cc7c6-c6ccccc6)c6cccc4c65)ccc3s2)cc1. The molecule has 2 aliphatic rings. The van der Waals surface area contributed by atoms with Crippen molar-refractivity contribution in [1.82, 2.24) is 4.57 Å². The Bertz CT molecular complexity index is 4870. The van der Waals surface area contributed by atoms with E-state index in [1.807, 2.05) is 34.0 Å². The summed E-state index contributed by atoms with van der Waals surface area (Å²) in [5.41, 5.74) is 20.6. The summed E-state index contributed by atoms with van der Waals surface area (Å²) < 4.78 is 7.65. The Kier molecular flexibility index (Phi) is 10.0. The van der Waals surface area contributed by atoms with Gasteiger partial charge in [-0.3, -0.25) is 0 Å². The third-order valence-electron chi connectivity index (χ3n) is 16.4. The van der Waals surface area contributed by atoms with Crippen molar-refractivity contribution >= 4 is 143 Å². The second kappa shape index (κ2) is 17.6. The van der Waals surface area contributed by atoms with E-state index in [2.05, 4.69) is 281 Å². The van der Waals surface area contributed by atoms with Crippen LogP contribution in [-0.2, 0) is 0 Å². The van der Waals surface area contributed by atoms with Crippen molar-refractivity contribution in [3.63, 3.8) is 0 Å². The van der Waals surface area contributed by atoms with Crippen LogP contribution in [-0.4, -0.2) is 11.3 Å². The lowest BCUT2D eigenvalue weighted by molar-refractivity contribution is 1.17. The molecule has 0 radical (unpaired) electrons. The van der Waals surface area contributed by atoms with E-state index in [1.165, 1.54) is 139 Å². The third-order valence-corrected chi connectivity index (χ3v) is 19.9. The summed E-state index contributed by atoms with van der Waals surface area (Å²) in [5, 5.41) is 6.28. The van der Waals surface area contributed by atoms with Crippen LogP contribution in [0.5, 0.6) is 0 Å². The van der Waals surface area contributed by atoms with Crippen LogP contribution in [0.15, 0.2) is 267 Å². The van der Waals surface area contributed by atoms with Crippen molar-refractivity contribution in [2.24, 2.45) is 0 Å². The van der Waals surface area contributed by atoms with Gasteiger partial charge in [-0.25, -0.2) is 0 Å². The summed E-state index contributed by atoms with van der Waals surface area (Å²) in [5.74, 6) is 0. The van der Waals surface area contributed by atoms with Crippen LogP contribution in [0, 0.1) is 0 Å². The normalized spacial score (nSPS) is 12.7. The molecule has 0 spiro atoms. The molecule has 17 rings (SSSR count). The molecule has 2 aliphatic heterocycles. The standard InChI is InChI=1S/C72H44BN3S3/c1-5-20-45(21-6-1)66-43-53-64(77-66)40-38-58(68(53)47-24-9-3-10-25-47)75-60-33-19-34-61-70(60)73(55-37-36-49(42-62(55)75)74-56-31-16-13-28-50(56)51-29-14-17-32-57(51)74)72-71(52-30-15-18-35-63(52)79-72)76(61)59-39-41-65-54(69(59)48-26-11-4-12-27-48)44-67(78-65)46-22-7-2-8-23-46/h1-44H. The number of fused-ring (bicyclic) bond motifs is 11. The number of benzene rings is 11. The number of para-hydroxylation sites is 2. The first-order valence-electron chi connectivity index (χ1n) is 26.9. The number of anilines is 6. The van der Waals surface area contributed by atoms with Gasteiger partial charge in [0, 0.05) is 89.4 Å². The molecule has 0 N–H and O–H groups in total. The second-order valence-electron chi connectivity index (χ2n) is 20.7. The molecule has 79 heavy (non-hydrogen) atoms. The number of nitrogens with zero attached hydrogens (tertiary/aromatic N) is 3. The van der Waals surface area contributed by atoms with Crippen LogP contribution in [0.25, 0.3) is 101 Å². The van der Waals surface area contributed by atoms with Crippen molar-refractivity contribution in [2.45, 2.75) is 0 Å². The van der Waals surface area contributed by atoms with Gasteiger partial charge in [0.1, 0.15) is 0 Å². The molecule has 0 saturated carbocycles. The molecule has 4 aromatic heterocycles. The summed E-state index contributed by atoms with van der Waals surface area (Å²) in [6, 6.07) is 99.6. The molecule has 0 fully saturated rings. The number of hydrogen-bond donors (Lipinski definition) is 0. The number of aromatic nitrogens is 1. The lowest BCUT2D eigenvalue weighted by atomic mass is 9.36. The van der Waals surface area contributed by atoms with Gasteiger partial charge in [0.15, 0.2) is 0 Å². The van der Waals surface area contributed by atoms with Crippen molar-refractivity contribution < 1.29 is 0 Å². The summed E-state index contributed by atoms with van der Waals surface area (Å²) >= 11 is 5.69. The van der Waals surface area contributed by atoms with Crippen LogP contribution in [0.3, 0.4) is 0 Å². The number of rotatable bonds is 7. The largest absolute Gasteiger partial charge is 0.311 e. The summed E-state index contributed by atoms with van der Waals surface area (Å²) in [4.78, 5) is 7.80. The van der Waals surface area contributed by atoms with Crippen LogP contribution in [0.4, 0.5) is 34.1 Å². The zero-order valence-corrected chi connectivity index (χ0v) is 45.0. The van der Waals surface area contributed by atoms with Crippen molar-refractivity contribution in [1.29, 1.82) is 0 Å². The highest BCUT2D eigenvalue weighted by Gasteiger charge is 2.46. The summed E-state index contributed by atoms with van der Waals surface area (Å²) in [6.07, 6.45) is 0. The monoisotopic (exact) mass is 1060 g/mol. The lowest BCUT2D eigenvalue weighted by Gasteiger charge is -2.44. The molecule has 0 unspecified atom stereocenters. The molecule has 0 aliphatic carbocycles. The average Bonchev–Trinajstić information content (AvgIpc) is 4.17. The quantitative estimate of drug-likeness (QED) is 0.147. The van der Waals surface area contributed by atoms with Crippen LogP contribution in [0.1, 0.15) is 0 Å². The minimum absolute atomic E-state index is 0.0576. The molecule has 0 atom stereocenters. The van der Waals surface area contributed by atoms with Gasteiger partial charge in [-0.2, -0.15) is 0 Å². The van der Waals surface area contributed by atoms with Crippen molar-refractivity contribution in [2.75, 3.05) is 9.80 Å². The molecule has 7 heteroatoms. The number of hydrogen-bond acceptors (Lipinski definition) is 5. The Morgan fingerprint density at radius 2 is 0.772 bits per heavy atom. The van der Waals surface area contributed by atoms with Gasteiger partial charge in [-0.05, 0) is 112 Å². The first-order chi connectivity index (χ1) is 39.2. The molecule has 368 valence electrons. The topological polar surface area (TPSA) is 11.4 Å². The highest BCUT2D eigenvalue weighted by molar-refractivity contribution is 7.33. The van der Waals surface area contributed by atoms with Crippen LogP contribution < -0.4 is 25.5 Å². The maximum atomic E-state index is 2.65. The second-order valence-corrected chi connectivity index (χ2v) is 23.9. The van der Waals surface area contributed by atoms with E-state index >= 15 is 0 Å². The molecular weight excluding hydrogens is 1010 g/mol. The first kappa shape index (κ1) is 44.8. The molecule has 0 bridgehead atoms. The van der Waals surface area contributed by atoms with Gasteiger partial charge in [-0.1, -0.05) is 188 Å². The zero-order chi connectivity index (χ0) is 51.7. The van der Waals surface area contributed by atoms with Crippen LogP contribution in [0.2, 0.25) is 0 Å². The van der Waals surface area contributed by atoms with Crippen molar-refractivity contribution in [3.05, 3.63) is 267 Å². The number of thiophene rings is 3. The first-order valence-corrected chi connectivity index (χ1v) is 29.4. The van der Waals surface area contributed by atoms with E-state index in [1.54, 1.807) is 0 Å². The van der Waals surface area contributed by atoms with E-state index in [-0.39, 0.29) is 6.71 Å². The maximum Gasteiger partial charge on any atom is 0.264 e. The predicted molar refractivity (Wildman–Crippen MR) is 343 cm³/mol. The van der Waals surface area contributed by atoms with Gasteiger partial charge in [-0.15, -0.1) is 34.0 Å². The lowest BCUT2D eigenvalue weighted by Crippen LogP contribution is -2.60. The summed E-state index contributed by atoms with van der Waals surface area (Å²) in [7, 11) is 0. The smallest absolute Gasteiger partial charge is 0.264 e. The average molecular weight is 1060 g/mol. The zero-order valence-electron chi connectivity index (χ0n) is 42.5. The molecule has 11 aromatic carbocycles. The van der Waals surface area contributed by atoms with Gasteiger partial charge in [0.25, 0.3) is 6.71 Å². The van der Waals surface area contributed by atoms with E-state index in [4.69, 9.17) is 0 Å². The van der Waals surface area contributed by atoms with Gasteiger partial charge < -0.3 is 14.4 Å². The highest BCUT2D eigenvalue weighted by Crippen LogP contribution is 2.54. The van der Waals surface area contributed by atoms with E-state index in [9.17, 15) is 0 Å². The summed E-state index contributed by atoms with van der Waals surface area (Å²) in [6.45, 7) is -0.0576. The Balaban J connectivity index is 0.979. The molecule has 6 heterocycles. The van der Waals surface area contributed by atoms with Gasteiger partial charge in [0.05, 0.1) is 28.1 Å². The maximum absolute atomic E-state index is 2.65. The Hall–Kier alpha value is -9.24. The Morgan fingerprint density at radius 1 is 0.304 bits per heavy atom. The van der Waals surface area contributed by atoms with Gasteiger partial charge >= 0.3 is 0 Å². The third kappa shape index (κ3) is 6.77. The van der Waals surface area contributed by atoms with E-state index in [0.717, 1.165) is 11.4 Å². The molecular formula is C72H44BN3S3. The van der Waals surface area contributed by atoms with E-state index in [0.29, 0.717) is 0 Å². The van der Waals surface area contributed by atoms with Gasteiger partial charge in [0.2, 0.25) is 0 Å². The fourth-order valence-electron chi connectivity index (χ4n) is 13.1. The molecule has 0 saturated heterocycles. The Labute approximate surface area is 469 Å². The molecule has 15 aromatic rings. The Morgan fingerprint density at radius 3 is 1.34 bits per heavy atom. The fourth-order valence-corrected chi connectivity index (χ4v) is 16.5. The van der Waals surface area contributed by atoms with E-state index < -0.39 is 0 Å². The molecule has 0 amide bonds. The fraction of sp³-hybridized carbons (Fsp3) is 0.